The van der Waals surface area contributed by atoms with Crippen molar-refractivity contribution in [2.75, 3.05) is 5.73 Å². The first-order valence-corrected chi connectivity index (χ1v) is 7.26. The molecule has 4 rings (SSSR count). The Morgan fingerprint density at radius 2 is 1.61 bits per heavy atom. The number of hydrogen-bond acceptors (Lipinski definition) is 3. The third-order valence-corrected chi connectivity index (χ3v) is 3.81. The van der Waals surface area contributed by atoms with Crippen molar-refractivity contribution in [2.24, 2.45) is 0 Å². The number of aromatic nitrogens is 3. The lowest BCUT2D eigenvalue weighted by atomic mass is 10.1. The monoisotopic (exact) mass is 302 g/mol. The van der Waals surface area contributed by atoms with Crippen molar-refractivity contribution in [1.29, 1.82) is 0 Å². The van der Waals surface area contributed by atoms with E-state index in [2.05, 4.69) is 10.1 Å². The van der Waals surface area contributed by atoms with Crippen LogP contribution in [0.4, 0.5) is 5.82 Å². The molecule has 0 spiro atoms. The normalized spacial score (nSPS) is 11.0. The largest absolute Gasteiger partial charge is 0.383 e. The van der Waals surface area contributed by atoms with Crippen LogP contribution in [0, 0.1) is 0 Å². The number of fused-ring (bicyclic) bond motifs is 1. The molecule has 0 fully saturated rings. The van der Waals surface area contributed by atoms with Crippen LogP contribution in [0.15, 0.2) is 71.5 Å². The molecule has 4 aromatic rings. The van der Waals surface area contributed by atoms with Gasteiger partial charge in [-0.05, 0) is 23.8 Å². The molecule has 0 radical (unpaired) electrons. The number of H-pyrrole nitrogens is 1. The third kappa shape index (κ3) is 2.19. The van der Waals surface area contributed by atoms with Crippen molar-refractivity contribution in [3.05, 3.63) is 77.1 Å². The van der Waals surface area contributed by atoms with Gasteiger partial charge in [0.2, 0.25) is 0 Å². The van der Waals surface area contributed by atoms with Crippen molar-refractivity contribution in [3.8, 4) is 16.8 Å². The maximum atomic E-state index is 12.3. The number of nitrogens with one attached hydrogen (secondary N) is 1. The van der Waals surface area contributed by atoms with E-state index in [4.69, 9.17) is 5.73 Å². The smallest absolute Gasteiger partial charge is 0.257 e. The Morgan fingerprint density at radius 3 is 2.30 bits per heavy atom. The topological polar surface area (TPSA) is 76.7 Å². The van der Waals surface area contributed by atoms with Gasteiger partial charge in [-0.1, -0.05) is 48.5 Å². The summed E-state index contributed by atoms with van der Waals surface area (Å²) in [6, 6.07) is 20.9. The number of pyridine rings is 1. The van der Waals surface area contributed by atoms with Gasteiger partial charge < -0.3 is 10.7 Å². The number of anilines is 1. The first kappa shape index (κ1) is 13.3. The van der Waals surface area contributed by atoms with Gasteiger partial charge in [-0.3, -0.25) is 4.79 Å². The van der Waals surface area contributed by atoms with Crippen LogP contribution in [0.3, 0.4) is 0 Å². The Hall–Kier alpha value is -3.34. The van der Waals surface area contributed by atoms with Crippen molar-refractivity contribution >= 4 is 16.9 Å². The third-order valence-electron chi connectivity index (χ3n) is 3.81. The Balaban J connectivity index is 1.96. The fourth-order valence-electron chi connectivity index (χ4n) is 2.66. The second kappa shape index (κ2) is 5.14. The summed E-state index contributed by atoms with van der Waals surface area (Å²) in [5, 5.41) is 5.14. The van der Waals surface area contributed by atoms with Gasteiger partial charge in [0.05, 0.1) is 11.1 Å². The maximum absolute atomic E-state index is 12.3. The first-order valence-electron chi connectivity index (χ1n) is 7.26. The van der Waals surface area contributed by atoms with Crippen LogP contribution in [0.5, 0.6) is 0 Å². The van der Waals surface area contributed by atoms with Gasteiger partial charge in [0.25, 0.3) is 5.56 Å². The molecule has 112 valence electrons. The first-order chi connectivity index (χ1) is 11.2. The van der Waals surface area contributed by atoms with Crippen LogP contribution in [0.2, 0.25) is 0 Å². The summed E-state index contributed by atoms with van der Waals surface area (Å²) in [7, 11) is 0. The van der Waals surface area contributed by atoms with Gasteiger partial charge in [-0.25, -0.2) is 4.68 Å². The van der Waals surface area contributed by atoms with E-state index < -0.39 is 0 Å². The standard InChI is InChI=1S/C18H14N4O/c19-16-15-11-14(12-7-3-1-4-8-12)18(23)20-17(15)21-22(16)13-9-5-2-6-10-13/h1-11H,19H2,(H,20,21,23). The minimum absolute atomic E-state index is 0.179. The second-order valence-corrected chi connectivity index (χ2v) is 5.27. The lowest BCUT2D eigenvalue weighted by molar-refractivity contribution is 0.899. The van der Waals surface area contributed by atoms with Crippen molar-refractivity contribution in [3.63, 3.8) is 0 Å². The van der Waals surface area contributed by atoms with E-state index in [1.165, 1.54) is 0 Å². The van der Waals surface area contributed by atoms with E-state index in [1.54, 1.807) is 10.7 Å². The summed E-state index contributed by atoms with van der Waals surface area (Å²) < 4.78 is 1.63. The molecule has 0 aliphatic carbocycles. The number of rotatable bonds is 2. The predicted octanol–water partition coefficient (Wildman–Crippen LogP) is 2.96. The van der Waals surface area contributed by atoms with E-state index in [0.29, 0.717) is 17.0 Å². The van der Waals surface area contributed by atoms with Crippen LogP contribution in [-0.2, 0) is 0 Å². The molecule has 2 heterocycles. The number of aromatic amines is 1. The highest BCUT2D eigenvalue weighted by Crippen LogP contribution is 2.25. The molecule has 5 nitrogen and oxygen atoms in total. The van der Waals surface area contributed by atoms with Gasteiger partial charge in [-0.15, -0.1) is 5.10 Å². The van der Waals surface area contributed by atoms with Gasteiger partial charge in [0.15, 0.2) is 5.65 Å². The molecule has 0 unspecified atom stereocenters. The molecule has 5 heteroatoms. The summed E-state index contributed by atoms with van der Waals surface area (Å²) in [4.78, 5) is 15.2. The van der Waals surface area contributed by atoms with Crippen molar-refractivity contribution in [1.82, 2.24) is 14.8 Å². The Bertz CT molecular complexity index is 1030. The molecule has 0 bridgehead atoms. The molecule has 0 saturated heterocycles. The van der Waals surface area contributed by atoms with Crippen LogP contribution in [0.1, 0.15) is 0 Å². The zero-order chi connectivity index (χ0) is 15.8. The molecule has 0 aliphatic rings. The quantitative estimate of drug-likeness (QED) is 0.597. The van der Waals surface area contributed by atoms with Crippen LogP contribution >= 0.6 is 0 Å². The number of para-hydroxylation sites is 1. The zero-order valence-corrected chi connectivity index (χ0v) is 12.2. The molecule has 3 N–H and O–H groups in total. The SMILES string of the molecule is Nc1c2cc(-c3ccccc3)c(=O)[nH]c2nn1-c1ccccc1. The number of hydrogen-bond donors (Lipinski definition) is 2. The van der Waals surface area contributed by atoms with E-state index in [-0.39, 0.29) is 5.56 Å². The molecule has 0 aliphatic heterocycles. The molecule has 23 heavy (non-hydrogen) atoms. The highest BCUT2D eigenvalue weighted by atomic mass is 16.1. The van der Waals surface area contributed by atoms with Gasteiger partial charge in [0.1, 0.15) is 5.82 Å². The number of nitrogens with two attached hydrogens (primary N) is 1. The van der Waals surface area contributed by atoms with Crippen LogP contribution in [-0.4, -0.2) is 14.8 Å². The van der Waals surface area contributed by atoms with E-state index in [0.717, 1.165) is 16.6 Å². The van der Waals surface area contributed by atoms with Gasteiger partial charge in [-0.2, -0.15) is 0 Å². The average molecular weight is 302 g/mol. The molecule has 0 amide bonds. The minimum Gasteiger partial charge on any atom is -0.383 e. The van der Waals surface area contributed by atoms with Gasteiger partial charge in [0, 0.05) is 5.56 Å². The predicted molar refractivity (Wildman–Crippen MR) is 91.5 cm³/mol. The molecule has 2 aromatic heterocycles. The average Bonchev–Trinajstić information content (AvgIpc) is 2.91. The minimum atomic E-state index is -0.179. The molecule has 2 aromatic carbocycles. The Kier molecular flexibility index (Phi) is 2.98. The molecule has 0 saturated carbocycles. The molecule has 0 atom stereocenters. The summed E-state index contributed by atoms with van der Waals surface area (Å²) in [6.07, 6.45) is 0. The van der Waals surface area contributed by atoms with E-state index in [9.17, 15) is 4.79 Å². The summed E-state index contributed by atoms with van der Waals surface area (Å²) in [5.41, 5.74) is 8.83. The maximum Gasteiger partial charge on any atom is 0.257 e. The summed E-state index contributed by atoms with van der Waals surface area (Å²) >= 11 is 0. The molecular formula is C18H14N4O. The highest BCUT2D eigenvalue weighted by Gasteiger charge is 2.13. The summed E-state index contributed by atoms with van der Waals surface area (Å²) in [5.74, 6) is 0.500. The highest BCUT2D eigenvalue weighted by molar-refractivity contribution is 5.90. The Labute approximate surface area is 132 Å². The van der Waals surface area contributed by atoms with E-state index >= 15 is 0 Å². The van der Waals surface area contributed by atoms with Crippen LogP contribution < -0.4 is 11.3 Å². The molecular weight excluding hydrogens is 288 g/mol. The number of nitrogens with zero attached hydrogens (tertiary/aromatic N) is 2. The summed E-state index contributed by atoms with van der Waals surface area (Å²) in [6.45, 7) is 0. The zero-order valence-electron chi connectivity index (χ0n) is 12.2. The lowest BCUT2D eigenvalue weighted by Crippen LogP contribution is -2.08. The van der Waals surface area contributed by atoms with Crippen molar-refractivity contribution in [2.45, 2.75) is 0 Å². The number of benzene rings is 2. The van der Waals surface area contributed by atoms with Gasteiger partial charge >= 0.3 is 0 Å². The second-order valence-electron chi connectivity index (χ2n) is 5.27. The fraction of sp³-hybridized carbons (Fsp3) is 0. The van der Waals surface area contributed by atoms with Crippen LogP contribution in [0.25, 0.3) is 27.8 Å². The number of nitrogen functional groups attached to an aromatic ring is 1. The van der Waals surface area contributed by atoms with Crippen molar-refractivity contribution < 1.29 is 0 Å². The lowest BCUT2D eigenvalue weighted by Gasteiger charge is -2.02. The fourth-order valence-corrected chi connectivity index (χ4v) is 2.66. The van der Waals surface area contributed by atoms with E-state index in [1.807, 2.05) is 60.7 Å². The Morgan fingerprint density at radius 1 is 0.957 bits per heavy atom.